The third-order valence-electron chi connectivity index (χ3n) is 4.65. The van der Waals surface area contributed by atoms with E-state index in [1.54, 1.807) is 6.26 Å². The molecule has 3 nitrogen and oxygen atoms in total. The van der Waals surface area contributed by atoms with Gasteiger partial charge in [0, 0.05) is 12.4 Å². The van der Waals surface area contributed by atoms with E-state index in [4.69, 9.17) is 9.47 Å². The van der Waals surface area contributed by atoms with Crippen molar-refractivity contribution in [3.8, 4) is 0 Å². The summed E-state index contributed by atoms with van der Waals surface area (Å²) in [5.41, 5.74) is 0.923. The van der Waals surface area contributed by atoms with Crippen LogP contribution in [0.4, 0.5) is 0 Å². The van der Waals surface area contributed by atoms with Crippen LogP contribution in [0, 0.1) is 0 Å². The molecule has 0 aliphatic carbocycles. The highest BCUT2D eigenvalue weighted by molar-refractivity contribution is 5.35. The van der Waals surface area contributed by atoms with Crippen molar-refractivity contribution in [3.05, 3.63) is 194 Å². The first kappa shape index (κ1) is 25.9. The van der Waals surface area contributed by atoms with Gasteiger partial charge < -0.3 is 14.4 Å². The molecule has 180 valence electrons. The number of allylic oxidation sites excluding steroid dienone is 25. The van der Waals surface area contributed by atoms with Gasteiger partial charge in [0.05, 0.1) is 5.70 Å². The molecule has 0 N–H and O–H groups in total. The zero-order valence-electron chi connectivity index (χ0n) is 20.2. The molecule has 0 unspecified atom stereocenters. The van der Waals surface area contributed by atoms with Crippen LogP contribution < -0.4 is 0 Å². The molecule has 0 aromatic carbocycles. The van der Waals surface area contributed by atoms with Crippen molar-refractivity contribution < 1.29 is 9.47 Å². The van der Waals surface area contributed by atoms with Crippen LogP contribution in [0.1, 0.15) is 0 Å². The summed E-state index contributed by atoms with van der Waals surface area (Å²) in [4.78, 5) is 1.98. The molecule has 0 amide bonds. The minimum atomic E-state index is 0.482. The first-order valence-electron chi connectivity index (χ1n) is 11.8. The van der Waals surface area contributed by atoms with Gasteiger partial charge in [0.1, 0.15) is 24.4 Å². The molecule has 0 fully saturated rings. The van der Waals surface area contributed by atoms with Crippen molar-refractivity contribution in [2.45, 2.75) is 0 Å². The molecule has 0 saturated heterocycles. The summed E-state index contributed by atoms with van der Waals surface area (Å²) in [6.45, 7) is 0.482. The maximum Gasteiger partial charge on any atom is 0.128 e. The lowest BCUT2D eigenvalue weighted by molar-refractivity contribution is 0.281. The minimum absolute atomic E-state index is 0.482. The Morgan fingerprint density at radius 3 is 1.69 bits per heavy atom. The summed E-state index contributed by atoms with van der Waals surface area (Å²) in [7, 11) is 0. The SMILES string of the molecule is C1=C/C2=C/OC\C=C/C=C\C=C\C=C/C=C\C=C\C=C/C=C\C=C/C=C3\C=CC=C(/C=C\N2C=C1)O3. The molecule has 3 heteroatoms. The monoisotopic (exact) mass is 473 g/mol. The van der Waals surface area contributed by atoms with Gasteiger partial charge in [-0.3, -0.25) is 0 Å². The third kappa shape index (κ3) is 10.9. The van der Waals surface area contributed by atoms with Crippen molar-refractivity contribution in [1.82, 2.24) is 4.90 Å². The smallest absolute Gasteiger partial charge is 0.128 e. The van der Waals surface area contributed by atoms with Crippen LogP contribution in [0.3, 0.4) is 0 Å². The van der Waals surface area contributed by atoms with Crippen LogP contribution in [0.2, 0.25) is 0 Å². The van der Waals surface area contributed by atoms with Crippen molar-refractivity contribution in [3.63, 3.8) is 0 Å². The van der Waals surface area contributed by atoms with Gasteiger partial charge in [0.2, 0.25) is 0 Å². The van der Waals surface area contributed by atoms with Crippen LogP contribution in [-0.2, 0) is 9.47 Å². The van der Waals surface area contributed by atoms with Crippen molar-refractivity contribution in [2.24, 2.45) is 0 Å². The highest BCUT2D eigenvalue weighted by atomic mass is 16.5. The predicted octanol–water partition coefficient (Wildman–Crippen LogP) is 8.12. The van der Waals surface area contributed by atoms with E-state index in [1.165, 1.54) is 0 Å². The van der Waals surface area contributed by atoms with Gasteiger partial charge in [-0.25, -0.2) is 0 Å². The van der Waals surface area contributed by atoms with Gasteiger partial charge in [-0.05, 0) is 42.5 Å². The Balaban J connectivity index is 1.69. The summed E-state index contributed by atoms with van der Waals surface area (Å²) in [5.74, 6) is 1.52. The first-order valence-corrected chi connectivity index (χ1v) is 11.8. The topological polar surface area (TPSA) is 21.7 Å². The Kier molecular flexibility index (Phi) is 12.1. The van der Waals surface area contributed by atoms with Gasteiger partial charge in [-0.15, -0.1) is 0 Å². The van der Waals surface area contributed by atoms with E-state index < -0.39 is 0 Å². The van der Waals surface area contributed by atoms with Crippen LogP contribution in [0.15, 0.2) is 194 Å². The molecule has 3 aliphatic heterocycles. The maximum absolute atomic E-state index is 5.95. The lowest BCUT2D eigenvalue weighted by Gasteiger charge is -2.19. The average Bonchev–Trinajstić information content (AvgIpc) is 2.90. The quantitative estimate of drug-likeness (QED) is 0.355. The van der Waals surface area contributed by atoms with Gasteiger partial charge in [0.25, 0.3) is 0 Å². The Labute approximate surface area is 214 Å². The molecular weight excluding hydrogens is 442 g/mol. The third-order valence-corrected chi connectivity index (χ3v) is 4.65. The van der Waals surface area contributed by atoms with Crippen LogP contribution in [0.25, 0.3) is 0 Å². The molecule has 0 saturated carbocycles. The Morgan fingerprint density at radius 2 is 1.03 bits per heavy atom. The molecule has 3 heterocycles. The molecule has 0 atom stereocenters. The number of rotatable bonds is 0. The molecule has 36 heavy (non-hydrogen) atoms. The summed E-state index contributed by atoms with van der Waals surface area (Å²) >= 11 is 0. The molecule has 3 rings (SSSR count). The zero-order valence-corrected chi connectivity index (χ0v) is 20.2. The van der Waals surface area contributed by atoms with Crippen LogP contribution in [-0.4, -0.2) is 11.5 Å². The highest BCUT2D eigenvalue weighted by Crippen LogP contribution is 2.18. The van der Waals surface area contributed by atoms with E-state index in [-0.39, 0.29) is 0 Å². The number of hydrogen-bond acceptors (Lipinski definition) is 3. The Morgan fingerprint density at radius 1 is 0.472 bits per heavy atom. The van der Waals surface area contributed by atoms with E-state index in [2.05, 4.69) is 0 Å². The minimum Gasteiger partial charge on any atom is -0.495 e. The van der Waals surface area contributed by atoms with Gasteiger partial charge in [-0.2, -0.15) is 0 Å². The number of nitrogens with zero attached hydrogens (tertiary/aromatic N) is 1. The second-order valence-electron chi connectivity index (χ2n) is 7.41. The number of hydrogen-bond donors (Lipinski definition) is 0. The zero-order chi connectivity index (χ0) is 24.9. The predicted molar refractivity (Wildman–Crippen MR) is 152 cm³/mol. The molecule has 0 aromatic rings. The van der Waals surface area contributed by atoms with Crippen molar-refractivity contribution in [2.75, 3.05) is 6.61 Å². The fourth-order valence-corrected chi connectivity index (χ4v) is 2.92. The lowest BCUT2D eigenvalue weighted by Crippen LogP contribution is -2.10. The largest absolute Gasteiger partial charge is 0.495 e. The number of ether oxygens (including phenoxy) is 2. The standard InChI is InChI=1S/C33H31NO2/c1-2-4-6-8-10-12-14-16-20-29-35-30-31-22-18-19-27-34(31)28-26-33-25-21-24-32(36-33)23-17-15-13-11-9-7-5-3-1/h1-28,30H,29H2/b2-1-,5-3+,6-4-,9-7-,10-8+,13-11-,14-12-,17-15-,20-16-,28-26-,31-30-,32-23+. The van der Waals surface area contributed by atoms with E-state index in [9.17, 15) is 0 Å². The maximum atomic E-state index is 5.95. The summed E-state index contributed by atoms with van der Waals surface area (Å²) in [6, 6.07) is 0. The van der Waals surface area contributed by atoms with Crippen LogP contribution in [0.5, 0.6) is 0 Å². The lowest BCUT2D eigenvalue weighted by atomic mass is 10.2. The molecule has 0 aromatic heterocycles. The first-order chi connectivity index (χ1) is 17.9. The second-order valence-corrected chi connectivity index (χ2v) is 7.41. The van der Waals surface area contributed by atoms with E-state index in [0.29, 0.717) is 6.61 Å². The summed E-state index contributed by atoms with van der Waals surface area (Å²) in [6.07, 6.45) is 56.9. The van der Waals surface area contributed by atoms with E-state index in [1.807, 2.05) is 175 Å². The molecule has 3 aliphatic rings. The molecule has 2 bridgehead atoms. The second kappa shape index (κ2) is 16.8. The molecular formula is C33H31NO2. The van der Waals surface area contributed by atoms with Crippen molar-refractivity contribution >= 4 is 0 Å². The molecule has 0 spiro atoms. The highest BCUT2D eigenvalue weighted by Gasteiger charge is 2.06. The van der Waals surface area contributed by atoms with E-state index in [0.717, 1.165) is 17.2 Å². The van der Waals surface area contributed by atoms with Crippen molar-refractivity contribution in [1.29, 1.82) is 0 Å². The Bertz CT molecular complexity index is 1200. The summed E-state index contributed by atoms with van der Waals surface area (Å²) < 4.78 is 11.7. The number of fused-ring (bicyclic) bond motifs is 3. The van der Waals surface area contributed by atoms with Gasteiger partial charge in [-0.1, -0.05) is 115 Å². The van der Waals surface area contributed by atoms with Crippen LogP contribution >= 0.6 is 0 Å². The average molecular weight is 474 g/mol. The fourth-order valence-electron chi connectivity index (χ4n) is 2.92. The summed E-state index contributed by atoms with van der Waals surface area (Å²) in [5, 5.41) is 0. The Hall–Kier alpha value is -4.76. The van der Waals surface area contributed by atoms with Gasteiger partial charge in [0.15, 0.2) is 0 Å². The van der Waals surface area contributed by atoms with E-state index >= 15 is 0 Å². The normalized spacial score (nSPS) is 30.2. The fraction of sp³-hybridized carbons (Fsp3) is 0.0303. The van der Waals surface area contributed by atoms with Gasteiger partial charge >= 0.3 is 0 Å². The molecule has 0 radical (unpaired) electrons.